The van der Waals surface area contributed by atoms with Crippen LogP contribution < -0.4 is 0 Å². The highest BCUT2D eigenvalue weighted by Gasteiger charge is 2.49. The van der Waals surface area contributed by atoms with E-state index in [1.165, 1.54) is 4.70 Å². The van der Waals surface area contributed by atoms with Crippen molar-refractivity contribution in [1.82, 2.24) is 14.8 Å². The van der Waals surface area contributed by atoms with Crippen LogP contribution in [-0.4, -0.2) is 39.8 Å². The van der Waals surface area contributed by atoms with Crippen molar-refractivity contribution in [2.45, 2.75) is 44.6 Å². The van der Waals surface area contributed by atoms with Gasteiger partial charge in [0, 0.05) is 6.54 Å². The molecule has 1 aromatic carbocycles. The Balaban J connectivity index is 1.37. The van der Waals surface area contributed by atoms with E-state index in [1.54, 1.807) is 16.2 Å². The highest BCUT2D eigenvalue weighted by atomic mass is 32.1. The van der Waals surface area contributed by atoms with Crippen LogP contribution in [0.2, 0.25) is 0 Å². The van der Waals surface area contributed by atoms with Crippen LogP contribution in [0.15, 0.2) is 24.3 Å². The van der Waals surface area contributed by atoms with Crippen molar-refractivity contribution in [3.63, 3.8) is 0 Å². The van der Waals surface area contributed by atoms with Crippen molar-refractivity contribution in [1.29, 1.82) is 0 Å². The number of imide groups is 1. The van der Waals surface area contributed by atoms with Crippen LogP contribution in [0.1, 0.15) is 49.6 Å². The fourth-order valence-electron chi connectivity index (χ4n) is 4.86. The molecule has 1 aliphatic carbocycles. The molecule has 5 rings (SSSR count). The molecule has 3 atom stereocenters. The van der Waals surface area contributed by atoms with Gasteiger partial charge in [0.25, 0.3) is 0 Å². The Bertz CT molecular complexity index is 807. The van der Waals surface area contributed by atoms with E-state index in [0.29, 0.717) is 6.67 Å². The van der Waals surface area contributed by atoms with Crippen LogP contribution in [0.5, 0.6) is 0 Å². The molecule has 136 valence electrons. The maximum absolute atomic E-state index is 12.8. The third-order valence-electron chi connectivity index (χ3n) is 6.21. The lowest BCUT2D eigenvalue weighted by Gasteiger charge is -2.27. The fraction of sp³-hybridized carbons (Fsp3) is 0.550. The van der Waals surface area contributed by atoms with Crippen molar-refractivity contribution in [3.8, 4) is 0 Å². The maximum atomic E-state index is 12.8. The standard InChI is InChI=1S/C20H23N3O2S/c24-19-13-6-1-2-7-14(13)20(25)23(19)12-22-11-5-9-16(22)18-21-15-8-3-4-10-17(15)26-18/h3-4,8,10,13-14,16H,1-2,5-7,9,11-12H2/t13-,14+,16-/m0/s1. The SMILES string of the molecule is O=C1[C@H]2CCCC[C@H]2C(=O)N1CN1CCC[C@H]1c1nc2ccccc2s1. The van der Waals surface area contributed by atoms with Crippen molar-refractivity contribution >= 4 is 33.4 Å². The lowest BCUT2D eigenvalue weighted by molar-refractivity contribution is -0.142. The van der Waals surface area contributed by atoms with Gasteiger partial charge in [-0.3, -0.25) is 19.4 Å². The molecule has 0 radical (unpaired) electrons. The normalized spacial score (nSPS) is 29.7. The zero-order valence-electron chi connectivity index (χ0n) is 14.8. The summed E-state index contributed by atoms with van der Waals surface area (Å²) in [5.41, 5.74) is 1.04. The Kier molecular flexibility index (Phi) is 4.05. The molecule has 2 amide bonds. The fourth-order valence-corrected chi connectivity index (χ4v) is 6.00. The van der Waals surface area contributed by atoms with Gasteiger partial charge in [-0.15, -0.1) is 11.3 Å². The van der Waals surface area contributed by atoms with Gasteiger partial charge in [-0.05, 0) is 37.8 Å². The number of likely N-dealkylation sites (tertiary alicyclic amines) is 2. The highest BCUT2D eigenvalue weighted by Crippen LogP contribution is 2.40. The smallest absolute Gasteiger partial charge is 0.234 e. The number of fused-ring (bicyclic) bond motifs is 2. The van der Waals surface area contributed by atoms with Crippen LogP contribution in [0, 0.1) is 11.8 Å². The van der Waals surface area contributed by atoms with E-state index in [4.69, 9.17) is 4.98 Å². The Morgan fingerprint density at radius 2 is 1.73 bits per heavy atom. The molecule has 5 nitrogen and oxygen atoms in total. The Labute approximate surface area is 157 Å². The third kappa shape index (κ3) is 2.58. The van der Waals surface area contributed by atoms with Gasteiger partial charge in [-0.25, -0.2) is 4.98 Å². The second-order valence-corrected chi connectivity index (χ2v) is 8.80. The molecule has 2 aliphatic heterocycles. The summed E-state index contributed by atoms with van der Waals surface area (Å²) in [6.07, 6.45) is 6.05. The predicted octanol–water partition coefficient (Wildman–Crippen LogP) is 3.57. The van der Waals surface area contributed by atoms with Crippen molar-refractivity contribution in [2.75, 3.05) is 13.2 Å². The van der Waals surface area contributed by atoms with E-state index in [1.807, 2.05) is 18.2 Å². The molecule has 0 bridgehead atoms. The van der Waals surface area contributed by atoms with Gasteiger partial charge in [0.05, 0.1) is 34.8 Å². The zero-order chi connectivity index (χ0) is 17.7. The van der Waals surface area contributed by atoms with E-state index in [-0.39, 0.29) is 29.7 Å². The van der Waals surface area contributed by atoms with Crippen LogP contribution in [0.4, 0.5) is 0 Å². The number of para-hydroxylation sites is 1. The first-order valence-electron chi connectivity index (χ1n) is 9.67. The average Bonchev–Trinajstić information content (AvgIpc) is 3.35. The van der Waals surface area contributed by atoms with E-state index >= 15 is 0 Å². The van der Waals surface area contributed by atoms with E-state index in [0.717, 1.165) is 55.6 Å². The number of thiazole rings is 1. The van der Waals surface area contributed by atoms with Crippen LogP contribution in [0.25, 0.3) is 10.2 Å². The first-order valence-corrected chi connectivity index (χ1v) is 10.5. The molecule has 2 saturated heterocycles. The maximum Gasteiger partial charge on any atom is 0.234 e. The van der Waals surface area contributed by atoms with E-state index in [9.17, 15) is 9.59 Å². The Morgan fingerprint density at radius 3 is 2.46 bits per heavy atom. The molecule has 3 heterocycles. The van der Waals surface area contributed by atoms with Gasteiger partial charge in [-0.1, -0.05) is 25.0 Å². The van der Waals surface area contributed by atoms with Crippen LogP contribution in [0.3, 0.4) is 0 Å². The Morgan fingerprint density at radius 1 is 1.00 bits per heavy atom. The van der Waals surface area contributed by atoms with Gasteiger partial charge >= 0.3 is 0 Å². The van der Waals surface area contributed by atoms with Crippen molar-refractivity contribution < 1.29 is 9.59 Å². The number of nitrogens with zero attached hydrogens (tertiary/aromatic N) is 3. The second-order valence-electron chi connectivity index (χ2n) is 7.73. The van der Waals surface area contributed by atoms with E-state index < -0.39 is 0 Å². The number of rotatable bonds is 3. The molecule has 3 aliphatic rings. The molecule has 3 fully saturated rings. The molecule has 2 aromatic rings. The van der Waals surface area contributed by atoms with E-state index in [2.05, 4.69) is 11.0 Å². The van der Waals surface area contributed by atoms with Gasteiger partial charge in [-0.2, -0.15) is 0 Å². The predicted molar refractivity (Wildman–Crippen MR) is 100 cm³/mol. The molecule has 6 heteroatoms. The highest BCUT2D eigenvalue weighted by molar-refractivity contribution is 7.18. The number of carbonyl (C=O) groups is 2. The quantitative estimate of drug-likeness (QED) is 0.776. The minimum absolute atomic E-state index is 0.0558. The summed E-state index contributed by atoms with van der Waals surface area (Å²) >= 11 is 1.74. The summed E-state index contributed by atoms with van der Waals surface area (Å²) in [4.78, 5) is 34.2. The summed E-state index contributed by atoms with van der Waals surface area (Å²) in [5.74, 6) is 0.0174. The van der Waals surface area contributed by atoms with Crippen molar-refractivity contribution in [2.24, 2.45) is 11.8 Å². The van der Waals surface area contributed by atoms with Gasteiger partial charge in [0.2, 0.25) is 11.8 Å². The molecule has 26 heavy (non-hydrogen) atoms. The lowest BCUT2D eigenvalue weighted by Crippen LogP contribution is -2.41. The summed E-state index contributed by atoms with van der Waals surface area (Å²) in [6.45, 7) is 1.36. The summed E-state index contributed by atoms with van der Waals surface area (Å²) < 4.78 is 1.20. The lowest BCUT2D eigenvalue weighted by atomic mass is 9.81. The van der Waals surface area contributed by atoms with Crippen LogP contribution >= 0.6 is 11.3 Å². The van der Waals surface area contributed by atoms with Gasteiger partial charge < -0.3 is 0 Å². The minimum atomic E-state index is -0.0558. The number of carbonyl (C=O) groups excluding carboxylic acids is 2. The average molecular weight is 369 g/mol. The van der Waals surface area contributed by atoms with Crippen molar-refractivity contribution in [3.05, 3.63) is 29.3 Å². The zero-order valence-corrected chi connectivity index (χ0v) is 15.6. The molecule has 1 aromatic heterocycles. The number of benzene rings is 1. The molecule has 1 saturated carbocycles. The summed E-state index contributed by atoms with van der Waals surface area (Å²) in [7, 11) is 0. The second kappa shape index (κ2) is 6.43. The topological polar surface area (TPSA) is 53.5 Å². The largest absolute Gasteiger partial charge is 0.276 e. The molecule has 0 unspecified atom stereocenters. The summed E-state index contributed by atoms with van der Waals surface area (Å²) in [5, 5.41) is 1.11. The Hall–Kier alpha value is -1.79. The summed E-state index contributed by atoms with van der Waals surface area (Å²) in [6, 6.07) is 8.43. The first-order chi connectivity index (χ1) is 12.7. The van der Waals surface area contributed by atoms with Gasteiger partial charge in [0.15, 0.2) is 0 Å². The number of amides is 2. The molecule has 0 N–H and O–H groups in total. The number of aromatic nitrogens is 1. The third-order valence-corrected chi connectivity index (χ3v) is 7.35. The van der Waals surface area contributed by atoms with Crippen LogP contribution in [-0.2, 0) is 9.59 Å². The molecule has 0 spiro atoms. The minimum Gasteiger partial charge on any atom is -0.276 e. The monoisotopic (exact) mass is 369 g/mol. The van der Waals surface area contributed by atoms with Gasteiger partial charge in [0.1, 0.15) is 5.01 Å². The molecular formula is C20H23N3O2S. The number of hydrogen-bond acceptors (Lipinski definition) is 5. The molecular weight excluding hydrogens is 346 g/mol. The first kappa shape index (κ1) is 16.4. The number of hydrogen-bond donors (Lipinski definition) is 0.